The molecule has 1 aliphatic carbocycles. The van der Waals surface area contributed by atoms with E-state index < -0.39 is 5.92 Å². The summed E-state index contributed by atoms with van der Waals surface area (Å²) in [5.74, 6) is 0.0436. The number of carbonyl (C=O) groups excluding carboxylic acids is 2. The second kappa shape index (κ2) is 9.31. The molecule has 2 aromatic rings. The molecule has 0 saturated heterocycles. The maximum absolute atomic E-state index is 13.7. The van der Waals surface area contributed by atoms with Gasteiger partial charge in [0.25, 0.3) is 5.91 Å². The average molecular weight is 427 g/mol. The van der Waals surface area contributed by atoms with Gasteiger partial charge in [-0.1, -0.05) is 44.0 Å². The van der Waals surface area contributed by atoms with E-state index in [0.717, 1.165) is 29.7 Å². The van der Waals surface area contributed by atoms with Gasteiger partial charge in [-0.3, -0.25) is 9.59 Å². The van der Waals surface area contributed by atoms with E-state index in [-0.39, 0.29) is 23.9 Å². The van der Waals surface area contributed by atoms with Crippen molar-refractivity contribution in [2.24, 2.45) is 5.92 Å². The number of hydrogen-bond donors (Lipinski definition) is 1. The van der Waals surface area contributed by atoms with Crippen molar-refractivity contribution in [3.63, 3.8) is 0 Å². The number of amides is 2. The molecule has 0 spiro atoms. The van der Waals surface area contributed by atoms with Gasteiger partial charge in [-0.25, -0.2) is 0 Å². The highest BCUT2D eigenvalue weighted by molar-refractivity contribution is 7.10. The van der Waals surface area contributed by atoms with Gasteiger partial charge in [0.15, 0.2) is 0 Å². The summed E-state index contributed by atoms with van der Waals surface area (Å²) in [7, 11) is 1.64. The largest absolute Gasteiger partial charge is 0.383 e. The monoisotopic (exact) mass is 426 g/mol. The van der Waals surface area contributed by atoms with Crippen LogP contribution in [-0.2, 0) is 9.53 Å². The second-order valence-corrected chi connectivity index (χ2v) is 9.37. The zero-order valence-corrected chi connectivity index (χ0v) is 18.5. The van der Waals surface area contributed by atoms with Gasteiger partial charge in [0.05, 0.1) is 18.6 Å². The van der Waals surface area contributed by atoms with Crippen molar-refractivity contribution in [3.05, 3.63) is 57.8 Å². The summed E-state index contributed by atoms with van der Waals surface area (Å²) in [6.07, 6.45) is 4.57. The normalized spacial score (nSPS) is 26.3. The molecule has 0 unspecified atom stereocenters. The Morgan fingerprint density at radius 3 is 2.73 bits per heavy atom. The Hall–Kier alpha value is -2.18. The van der Waals surface area contributed by atoms with Crippen molar-refractivity contribution in [2.75, 3.05) is 20.3 Å². The zero-order chi connectivity index (χ0) is 21.1. The van der Waals surface area contributed by atoms with Crippen LogP contribution in [0, 0.1) is 5.92 Å². The standard InChI is InChI=1S/C24H30N2O3S/c1-16-8-3-6-11-19(16)25-23(27)21-17-9-4-5-10-18(17)24(28)26(13-14-29-2)22(21)20-12-7-15-30-20/h4-5,7,9-10,12,15-16,19,21-22H,3,6,8,11,13-14H2,1-2H3,(H,25,27)/t16-,19+,21-,22+/m0/s1. The van der Waals surface area contributed by atoms with Gasteiger partial charge >= 0.3 is 0 Å². The van der Waals surface area contributed by atoms with Gasteiger partial charge in [0.1, 0.15) is 0 Å². The van der Waals surface area contributed by atoms with Gasteiger partial charge in [0, 0.05) is 30.1 Å². The van der Waals surface area contributed by atoms with E-state index in [2.05, 4.69) is 12.2 Å². The Balaban J connectivity index is 1.74. The van der Waals surface area contributed by atoms with E-state index in [4.69, 9.17) is 4.74 Å². The Morgan fingerprint density at radius 2 is 2.00 bits per heavy atom. The van der Waals surface area contributed by atoms with Crippen molar-refractivity contribution in [3.8, 4) is 0 Å². The maximum atomic E-state index is 13.7. The van der Waals surface area contributed by atoms with Gasteiger partial charge in [0.2, 0.25) is 5.91 Å². The van der Waals surface area contributed by atoms with Crippen molar-refractivity contribution < 1.29 is 14.3 Å². The van der Waals surface area contributed by atoms with Crippen molar-refractivity contribution in [1.82, 2.24) is 10.2 Å². The van der Waals surface area contributed by atoms with E-state index in [0.29, 0.717) is 24.6 Å². The summed E-state index contributed by atoms with van der Waals surface area (Å²) >= 11 is 1.60. The van der Waals surface area contributed by atoms with Crippen molar-refractivity contribution in [1.29, 1.82) is 0 Å². The molecule has 30 heavy (non-hydrogen) atoms. The topological polar surface area (TPSA) is 58.6 Å². The second-order valence-electron chi connectivity index (χ2n) is 8.39. The van der Waals surface area contributed by atoms with Crippen LogP contribution in [0.4, 0.5) is 0 Å². The number of ether oxygens (including phenoxy) is 1. The van der Waals surface area contributed by atoms with E-state index in [1.807, 2.05) is 46.7 Å². The third-order valence-corrected chi connectivity index (χ3v) is 7.47. The molecule has 1 saturated carbocycles. The summed E-state index contributed by atoms with van der Waals surface area (Å²) in [5, 5.41) is 5.37. The Kier molecular flexibility index (Phi) is 6.54. The predicted octanol–water partition coefficient (Wildman–Crippen LogP) is 4.37. The first-order valence-corrected chi connectivity index (χ1v) is 11.7. The third kappa shape index (κ3) is 4.03. The molecule has 1 fully saturated rings. The molecular formula is C24H30N2O3S. The number of hydrogen-bond acceptors (Lipinski definition) is 4. The highest BCUT2D eigenvalue weighted by Gasteiger charge is 2.45. The smallest absolute Gasteiger partial charge is 0.254 e. The van der Waals surface area contributed by atoms with Crippen LogP contribution >= 0.6 is 11.3 Å². The number of thiophene rings is 1. The van der Waals surface area contributed by atoms with Crippen LogP contribution < -0.4 is 5.32 Å². The number of nitrogens with zero attached hydrogens (tertiary/aromatic N) is 1. The van der Waals surface area contributed by atoms with E-state index in [1.165, 1.54) is 6.42 Å². The van der Waals surface area contributed by atoms with Crippen LogP contribution in [0.25, 0.3) is 0 Å². The molecule has 6 heteroatoms. The Morgan fingerprint density at radius 1 is 1.20 bits per heavy atom. The lowest BCUT2D eigenvalue weighted by Gasteiger charge is -2.42. The molecule has 4 atom stereocenters. The lowest BCUT2D eigenvalue weighted by atomic mass is 9.80. The molecular weight excluding hydrogens is 396 g/mol. The SMILES string of the molecule is COCCN1C(=O)c2ccccc2[C@H](C(=O)N[C@@H]2CCCC[C@@H]2C)[C@H]1c1cccs1. The number of methoxy groups -OCH3 is 1. The molecule has 5 nitrogen and oxygen atoms in total. The fourth-order valence-corrected chi connectivity index (χ4v) is 5.76. The average Bonchev–Trinajstić information content (AvgIpc) is 3.29. The summed E-state index contributed by atoms with van der Waals surface area (Å²) in [6, 6.07) is 11.5. The van der Waals surface area contributed by atoms with Gasteiger partial charge in [-0.2, -0.15) is 0 Å². The van der Waals surface area contributed by atoms with Crippen LogP contribution in [-0.4, -0.2) is 43.0 Å². The molecule has 2 heterocycles. The molecule has 1 aliphatic heterocycles. The molecule has 1 aromatic heterocycles. The lowest BCUT2D eigenvalue weighted by molar-refractivity contribution is -0.125. The molecule has 2 amide bonds. The number of carbonyl (C=O) groups is 2. The number of rotatable bonds is 6. The minimum atomic E-state index is -0.427. The minimum Gasteiger partial charge on any atom is -0.383 e. The van der Waals surface area contributed by atoms with Gasteiger partial charge in [-0.15, -0.1) is 11.3 Å². The molecule has 4 rings (SSSR count). The van der Waals surface area contributed by atoms with Gasteiger partial charge < -0.3 is 15.0 Å². The molecule has 1 aromatic carbocycles. The van der Waals surface area contributed by atoms with Crippen molar-refractivity contribution in [2.45, 2.75) is 50.6 Å². The molecule has 2 aliphatic rings. The van der Waals surface area contributed by atoms with Crippen LogP contribution in [0.3, 0.4) is 0 Å². The summed E-state index contributed by atoms with van der Waals surface area (Å²) in [4.78, 5) is 30.0. The summed E-state index contributed by atoms with van der Waals surface area (Å²) < 4.78 is 5.29. The lowest BCUT2D eigenvalue weighted by Crippen LogP contribution is -2.50. The van der Waals surface area contributed by atoms with Gasteiger partial charge in [-0.05, 0) is 41.8 Å². The number of fused-ring (bicyclic) bond motifs is 1. The Bertz CT molecular complexity index is 882. The molecule has 1 N–H and O–H groups in total. The predicted molar refractivity (Wildman–Crippen MR) is 119 cm³/mol. The first-order chi connectivity index (χ1) is 14.6. The fraction of sp³-hybridized carbons (Fsp3) is 0.500. The van der Waals surface area contributed by atoms with E-state index >= 15 is 0 Å². The van der Waals surface area contributed by atoms with Crippen molar-refractivity contribution >= 4 is 23.2 Å². The van der Waals surface area contributed by atoms with Crippen LogP contribution in [0.1, 0.15) is 65.4 Å². The van der Waals surface area contributed by atoms with E-state index in [1.54, 1.807) is 18.4 Å². The molecule has 160 valence electrons. The Labute approximate surface area is 182 Å². The molecule has 0 bridgehead atoms. The van der Waals surface area contributed by atoms with Crippen LogP contribution in [0.2, 0.25) is 0 Å². The van der Waals surface area contributed by atoms with Crippen LogP contribution in [0.15, 0.2) is 41.8 Å². The zero-order valence-electron chi connectivity index (χ0n) is 17.7. The fourth-order valence-electron chi connectivity index (χ4n) is 4.89. The summed E-state index contributed by atoms with van der Waals surface area (Å²) in [5.41, 5.74) is 1.45. The van der Waals surface area contributed by atoms with Crippen LogP contribution in [0.5, 0.6) is 0 Å². The number of benzene rings is 1. The van der Waals surface area contributed by atoms with E-state index in [9.17, 15) is 9.59 Å². The summed E-state index contributed by atoms with van der Waals surface area (Å²) in [6.45, 7) is 3.11. The number of nitrogens with one attached hydrogen (secondary N) is 1. The first-order valence-electron chi connectivity index (χ1n) is 10.8. The minimum absolute atomic E-state index is 0.0227. The highest BCUT2D eigenvalue weighted by Crippen LogP contribution is 2.44. The highest BCUT2D eigenvalue weighted by atomic mass is 32.1. The first kappa shape index (κ1) is 21.1. The third-order valence-electron chi connectivity index (χ3n) is 6.53. The molecule has 0 radical (unpaired) electrons. The maximum Gasteiger partial charge on any atom is 0.254 e. The quantitative estimate of drug-likeness (QED) is 0.746.